The second kappa shape index (κ2) is 9.43. The molecule has 1 atom stereocenters. The predicted octanol–water partition coefficient (Wildman–Crippen LogP) is 4.31. The van der Waals surface area contributed by atoms with Crippen molar-refractivity contribution in [3.63, 3.8) is 0 Å². The molecular formula is C17H24O. The maximum absolute atomic E-state index is 2.28. The van der Waals surface area contributed by atoms with Crippen LogP contribution in [0.4, 0.5) is 0 Å². The van der Waals surface area contributed by atoms with Gasteiger partial charge in [-0.3, -0.25) is 0 Å². The van der Waals surface area contributed by atoms with E-state index >= 15 is 0 Å². The Kier molecular flexibility index (Phi) is 8.59. The molecule has 1 unspecified atom stereocenters. The smallest absolute Gasteiger partial charge is 0.0167 e. The summed E-state index contributed by atoms with van der Waals surface area (Å²) in [5, 5.41) is 0. The molecule has 0 aliphatic carbocycles. The van der Waals surface area contributed by atoms with Crippen molar-refractivity contribution in [3.8, 4) is 0 Å². The van der Waals surface area contributed by atoms with E-state index in [1.807, 2.05) is 36.4 Å². The largest absolute Gasteiger partial charge is 0.412 e. The molecule has 0 fully saturated rings. The highest BCUT2D eigenvalue weighted by Gasteiger charge is 2.07. The zero-order valence-corrected chi connectivity index (χ0v) is 11.5. The van der Waals surface area contributed by atoms with E-state index in [2.05, 4.69) is 51.1 Å². The molecule has 2 rings (SSSR count). The lowest BCUT2D eigenvalue weighted by Gasteiger charge is -2.15. The van der Waals surface area contributed by atoms with E-state index in [4.69, 9.17) is 0 Å². The Morgan fingerprint density at radius 1 is 0.611 bits per heavy atom. The van der Waals surface area contributed by atoms with Crippen molar-refractivity contribution in [2.75, 3.05) is 0 Å². The summed E-state index contributed by atoms with van der Waals surface area (Å²) in [6, 6.07) is 22.7. The molecule has 98 valence electrons. The maximum Gasteiger partial charge on any atom is -0.0167 e. The molecule has 1 nitrogen and oxygen atoms in total. The van der Waals surface area contributed by atoms with Gasteiger partial charge < -0.3 is 5.48 Å². The Morgan fingerprint density at radius 3 is 1.28 bits per heavy atom. The number of rotatable bonds is 2. The van der Waals surface area contributed by atoms with Crippen LogP contribution in [0.5, 0.6) is 0 Å². The van der Waals surface area contributed by atoms with Crippen LogP contribution >= 0.6 is 0 Å². The minimum atomic E-state index is 0. The molecule has 0 aromatic heterocycles. The summed E-state index contributed by atoms with van der Waals surface area (Å²) in [5.41, 5.74) is 1.45. The van der Waals surface area contributed by atoms with Gasteiger partial charge in [0.1, 0.15) is 0 Å². The lowest BCUT2D eigenvalue weighted by Crippen LogP contribution is -2.00. The first kappa shape index (κ1) is 16.4. The summed E-state index contributed by atoms with van der Waals surface area (Å²) in [6.07, 6.45) is 0. The standard InChI is InChI=1S/C11H16.C6H6.H2O/c1-9(2)10(3)11-7-5-4-6-8-11;1-2-4-6-5-3-1;/h4-10H,1-3H3;1-6H;1H2. The van der Waals surface area contributed by atoms with Gasteiger partial charge in [-0.25, -0.2) is 0 Å². The zero-order valence-electron chi connectivity index (χ0n) is 11.5. The molecular weight excluding hydrogens is 220 g/mol. The van der Waals surface area contributed by atoms with Crippen LogP contribution in [0.1, 0.15) is 32.3 Å². The average Bonchev–Trinajstić information content (AvgIpc) is 2.41. The fourth-order valence-electron chi connectivity index (χ4n) is 1.53. The van der Waals surface area contributed by atoms with E-state index < -0.39 is 0 Å². The highest BCUT2D eigenvalue weighted by molar-refractivity contribution is 5.18. The summed E-state index contributed by atoms with van der Waals surface area (Å²) in [6.45, 7) is 6.80. The van der Waals surface area contributed by atoms with Gasteiger partial charge in [-0.05, 0) is 17.4 Å². The van der Waals surface area contributed by atoms with Crippen molar-refractivity contribution in [2.24, 2.45) is 5.92 Å². The number of benzene rings is 2. The van der Waals surface area contributed by atoms with E-state index in [0.29, 0.717) is 5.92 Å². The molecule has 18 heavy (non-hydrogen) atoms. The molecule has 2 N–H and O–H groups in total. The van der Waals surface area contributed by atoms with Crippen LogP contribution < -0.4 is 0 Å². The Hall–Kier alpha value is -1.60. The molecule has 0 aliphatic heterocycles. The van der Waals surface area contributed by atoms with Gasteiger partial charge in [-0.1, -0.05) is 87.5 Å². The van der Waals surface area contributed by atoms with Crippen molar-refractivity contribution in [3.05, 3.63) is 72.3 Å². The Morgan fingerprint density at radius 2 is 0.944 bits per heavy atom. The highest BCUT2D eigenvalue weighted by Crippen LogP contribution is 2.22. The Bertz CT molecular complexity index is 354. The maximum atomic E-state index is 2.28. The minimum absolute atomic E-state index is 0. The first-order valence-corrected chi connectivity index (χ1v) is 6.26. The minimum Gasteiger partial charge on any atom is -0.412 e. The molecule has 0 radical (unpaired) electrons. The van der Waals surface area contributed by atoms with Crippen LogP contribution in [0.3, 0.4) is 0 Å². The summed E-state index contributed by atoms with van der Waals surface area (Å²) in [7, 11) is 0. The molecule has 0 heterocycles. The molecule has 0 saturated heterocycles. The van der Waals surface area contributed by atoms with Crippen molar-refractivity contribution < 1.29 is 5.48 Å². The lowest BCUT2D eigenvalue weighted by atomic mass is 9.91. The van der Waals surface area contributed by atoms with Crippen LogP contribution in [0.2, 0.25) is 0 Å². The quantitative estimate of drug-likeness (QED) is 0.754. The Balaban J connectivity index is 0.000000352. The van der Waals surface area contributed by atoms with Crippen LogP contribution in [0.25, 0.3) is 0 Å². The molecule has 0 bridgehead atoms. The molecule has 0 spiro atoms. The number of hydrogen-bond acceptors (Lipinski definition) is 0. The third-order valence-corrected chi connectivity index (χ3v) is 2.99. The van der Waals surface area contributed by atoms with Gasteiger partial charge in [0.25, 0.3) is 0 Å². The molecule has 0 saturated carbocycles. The average molecular weight is 244 g/mol. The number of hydrogen-bond donors (Lipinski definition) is 0. The first-order chi connectivity index (χ1) is 8.22. The van der Waals surface area contributed by atoms with E-state index in [1.165, 1.54) is 5.56 Å². The molecule has 2 aromatic carbocycles. The van der Waals surface area contributed by atoms with Crippen molar-refractivity contribution in [2.45, 2.75) is 26.7 Å². The summed E-state index contributed by atoms with van der Waals surface area (Å²) in [5.74, 6) is 1.41. The molecule has 1 heteroatoms. The normalized spacial score (nSPS) is 10.9. The summed E-state index contributed by atoms with van der Waals surface area (Å²) in [4.78, 5) is 0. The first-order valence-electron chi connectivity index (χ1n) is 6.26. The predicted molar refractivity (Wildman–Crippen MR) is 79.8 cm³/mol. The molecule has 0 aliphatic rings. The third-order valence-electron chi connectivity index (χ3n) is 2.99. The zero-order chi connectivity index (χ0) is 12.5. The van der Waals surface area contributed by atoms with E-state index in [9.17, 15) is 0 Å². The fourth-order valence-corrected chi connectivity index (χ4v) is 1.53. The molecule has 0 amide bonds. The van der Waals surface area contributed by atoms with Crippen molar-refractivity contribution in [1.82, 2.24) is 0 Å². The van der Waals surface area contributed by atoms with E-state index in [0.717, 1.165) is 5.92 Å². The van der Waals surface area contributed by atoms with Gasteiger partial charge in [-0.2, -0.15) is 0 Å². The summed E-state index contributed by atoms with van der Waals surface area (Å²) < 4.78 is 0. The summed E-state index contributed by atoms with van der Waals surface area (Å²) >= 11 is 0. The van der Waals surface area contributed by atoms with E-state index in [1.54, 1.807) is 0 Å². The third kappa shape index (κ3) is 6.21. The van der Waals surface area contributed by atoms with Crippen molar-refractivity contribution >= 4 is 0 Å². The fraction of sp³-hybridized carbons (Fsp3) is 0.294. The SMILES string of the molecule is CC(C)C(C)c1ccccc1.O.c1ccccc1. The van der Waals surface area contributed by atoms with Crippen LogP contribution in [-0.4, -0.2) is 5.48 Å². The van der Waals surface area contributed by atoms with Crippen LogP contribution in [-0.2, 0) is 0 Å². The second-order valence-corrected chi connectivity index (χ2v) is 4.60. The van der Waals surface area contributed by atoms with Gasteiger partial charge in [0.2, 0.25) is 0 Å². The van der Waals surface area contributed by atoms with E-state index in [-0.39, 0.29) is 5.48 Å². The van der Waals surface area contributed by atoms with Gasteiger partial charge in [0.15, 0.2) is 0 Å². The molecule has 2 aromatic rings. The monoisotopic (exact) mass is 244 g/mol. The lowest BCUT2D eigenvalue weighted by molar-refractivity contribution is 0.535. The topological polar surface area (TPSA) is 31.5 Å². The van der Waals surface area contributed by atoms with Gasteiger partial charge in [-0.15, -0.1) is 0 Å². The van der Waals surface area contributed by atoms with Gasteiger partial charge >= 0.3 is 0 Å². The van der Waals surface area contributed by atoms with Crippen LogP contribution in [0, 0.1) is 5.92 Å². The van der Waals surface area contributed by atoms with Crippen molar-refractivity contribution in [1.29, 1.82) is 0 Å². The second-order valence-electron chi connectivity index (χ2n) is 4.60. The Labute approximate surface area is 111 Å². The van der Waals surface area contributed by atoms with Gasteiger partial charge in [0.05, 0.1) is 0 Å². The van der Waals surface area contributed by atoms with Crippen LogP contribution in [0.15, 0.2) is 66.7 Å². The highest BCUT2D eigenvalue weighted by atomic mass is 16.0. The van der Waals surface area contributed by atoms with Gasteiger partial charge in [0, 0.05) is 0 Å².